The lowest BCUT2D eigenvalue weighted by Gasteiger charge is -2.39. The topological polar surface area (TPSA) is 35.6 Å². The van der Waals surface area contributed by atoms with Crippen LogP contribution in [0.15, 0.2) is 0 Å². The van der Waals surface area contributed by atoms with Crippen molar-refractivity contribution in [2.45, 2.75) is 70.6 Å². The monoisotopic (exact) mass is 293 g/mol. The maximum atomic E-state index is 12.9. The molecule has 4 nitrogen and oxygen atoms in total. The molecule has 21 heavy (non-hydrogen) atoms. The molecule has 0 aromatic heterocycles. The Morgan fingerprint density at radius 1 is 1.10 bits per heavy atom. The number of nitrogens with one attached hydrogen (secondary N) is 1. The highest BCUT2D eigenvalue weighted by molar-refractivity contribution is 5.85. The summed E-state index contributed by atoms with van der Waals surface area (Å²) in [5, 5.41) is 3.70. The summed E-state index contributed by atoms with van der Waals surface area (Å²) in [6.07, 6.45) is 7.84. The van der Waals surface area contributed by atoms with E-state index in [4.69, 9.17) is 0 Å². The van der Waals surface area contributed by atoms with Gasteiger partial charge < -0.3 is 9.80 Å². The average molecular weight is 293 g/mol. The van der Waals surface area contributed by atoms with Crippen molar-refractivity contribution in [1.29, 1.82) is 0 Å². The van der Waals surface area contributed by atoms with E-state index in [0.29, 0.717) is 30.0 Å². The number of hydrogen-bond donors (Lipinski definition) is 1. The van der Waals surface area contributed by atoms with Crippen molar-refractivity contribution in [3.05, 3.63) is 0 Å². The highest BCUT2D eigenvalue weighted by Gasteiger charge is 2.47. The van der Waals surface area contributed by atoms with Gasteiger partial charge in [-0.25, -0.2) is 0 Å². The minimum absolute atomic E-state index is 0.0373. The second kappa shape index (κ2) is 6.25. The lowest BCUT2D eigenvalue weighted by molar-refractivity contribution is -0.134. The molecule has 0 aromatic rings. The highest BCUT2D eigenvalue weighted by Crippen LogP contribution is 2.35. The summed E-state index contributed by atoms with van der Waals surface area (Å²) in [4.78, 5) is 17.6. The van der Waals surface area contributed by atoms with Crippen LogP contribution in [0, 0.1) is 11.8 Å². The molecule has 0 bridgehead atoms. The standard InChI is InChI=1S/C17H31N3O/c1-12(2)15-17(21)20(14-8-10-19(3)11-9-14)16(18-15)13-6-4-5-7-13/h12-16,18H,4-11H2,1-3H3. The van der Waals surface area contributed by atoms with Gasteiger partial charge in [-0.3, -0.25) is 10.1 Å². The molecule has 0 radical (unpaired) electrons. The highest BCUT2D eigenvalue weighted by atomic mass is 16.2. The summed E-state index contributed by atoms with van der Waals surface area (Å²) in [7, 11) is 2.19. The first kappa shape index (κ1) is 15.3. The summed E-state index contributed by atoms with van der Waals surface area (Å²) in [5.41, 5.74) is 0. The third-order valence-electron chi connectivity index (χ3n) is 5.77. The number of carbonyl (C=O) groups is 1. The van der Waals surface area contributed by atoms with E-state index in [1.54, 1.807) is 0 Å². The third kappa shape index (κ3) is 2.98. The first-order chi connectivity index (χ1) is 10.1. The maximum Gasteiger partial charge on any atom is 0.241 e. The predicted octanol–water partition coefficient (Wildman–Crippen LogP) is 2.05. The molecule has 1 saturated carbocycles. The van der Waals surface area contributed by atoms with Crippen LogP contribution in [0.25, 0.3) is 0 Å². The molecule has 1 aliphatic carbocycles. The molecule has 3 fully saturated rings. The van der Waals surface area contributed by atoms with Crippen LogP contribution in [0.3, 0.4) is 0 Å². The van der Waals surface area contributed by atoms with Gasteiger partial charge in [0.05, 0.1) is 12.2 Å². The summed E-state index contributed by atoms with van der Waals surface area (Å²) >= 11 is 0. The van der Waals surface area contributed by atoms with Gasteiger partial charge in [0.1, 0.15) is 0 Å². The molecule has 2 atom stereocenters. The van der Waals surface area contributed by atoms with Crippen molar-refractivity contribution in [2.24, 2.45) is 11.8 Å². The molecule has 3 aliphatic rings. The fourth-order valence-corrected chi connectivity index (χ4v) is 4.43. The van der Waals surface area contributed by atoms with Gasteiger partial charge in [-0.05, 0) is 57.7 Å². The third-order valence-corrected chi connectivity index (χ3v) is 5.77. The Labute approximate surface area is 129 Å². The van der Waals surface area contributed by atoms with E-state index in [2.05, 4.69) is 36.0 Å². The van der Waals surface area contributed by atoms with Crippen LogP contribution in [-0.2, 0) is 4.79 Å². The molecule has 2 unspecified atom stereocenters. The smallest absolute Gasteiger partial charge is 0.241 e. The SMILES string of the molecule is CC(C)C1NC(C2CCCC2)N(C2CCN(C)CC2)C1=O. The second-order valence-corrected chi connectivity index (χ2v) is 7.66. The summed E-state index contributed by atoms with van der Waals surface area (Å²) in [5.74, 6) is 1.44. The molecule has 2 aliphatic heterocycles. The van der Waals surface area contributed by atoms with E-state index in [0.717, 1.165) is 25.9 Å². The summed E-state index contributed by atoms with van der Waals surface area (Å²) in [6.45, 7) is 6.58. The Morgan fingerprint density at radius 3 is 2.29 bits per heavy atom. The summed E-state index contributed by atoms with van der Waals surface area (Å²) < 4.78 is 0. The molecule has 1 N–H and O–H groups in total. The van der Waals surface area contributed by atoms with Gasteiger partial charge >= 0.3 is 0 Å². The minimum atomic E-state index is 0.0373. The van der Waals surface area contributed by atoms with Gasteiger partial charge in [0.15, 0.2) is 0 Å². The van der Waals surface area contributed by atoms with Gasteiger partial charge in [0.2, 0.25) is 5.91 Å². The molecule has 2 heterocycles. The molecular formula is C17H31N3O. The fraction of sp³-hybridized carbons (Fsp3) is 0.941. The Kier molecular flexibility index (Phi) is 4.55. The Hall–Kier alpha value is -0.610. The number of rotatable bonds is 3. The van der Waals surface area contributed by atoms with Crippen molar-refractivity contribution in [3.63, 3.8) is 0 Å². The number of amides is 1. The van der Waals surface area contributed by atoms with Crippen LogP contribution >= 0.6 is 0 Å². The second-order valence-electron chi connectivity index (χ2n) is 7.66. The first-order valence-corrected chi connectivity index (χ1v) is 8.84. The minimum Gasteiger partial charge on any atom is -0.322 e. The molecule has 1 amide bonds. The van der Waals surface area contributed by atoms with Crippen molar-refractivity contribution < 1.29 is 4.79 Å². The van der Waals surface area contributed by atoms with Crippen molar-refractivity contribution in [2.75, 3.05) is 20.1 Å². The zero-order chi connectivity index (χ0) is 15.0. The van der Waals surface area contributed by atoms with Gasteiger partial charge in [0, 0.05) is 6.04 Å². The van der Waals surface area contributed by atoms with Crippen LogP contribution in [0.2, 0.25) is 0 Å². The molecule has 2 saturated heterocycles. The van der Waals surface area contributed by atoms with Crippen LogP contribution in [0.4, 0.5) is 0 Å². The van der Waals surface area contributed by atoms with E-state index in [-0.39, 0.29) is 6.04 Å². The predicted molar refractivity (Wildman–Crippen MR) is 84.9 cm³/mol. The van der Waals surface area contributed by atoms with E-state index in [1.807, 2.05) is 0 Å². The zero-order valence-electron chi connectivity index (χ0n) is 13.8. The number of nitrogens with zero attached hydrogens (tertiary/aromatic N) is 2. The number of piperidine rings is 1. The molecule has 3 rings (SSSR count). The lowest BCUT2D eigenvalue weighted by Crippen LogP contribution is -2.51. The van der Waals surface area contributed by atoms with Crippen LogP contribution < -0.4 is 5.32 Å². The van der Waals surface area contributed by atoms with Crippen LogP contribution in [-0.4, -0.2) is 54.1 Å². The van der Waals surface area contributed by atoms with Gasteiger partial charge in [0.25, 0.3) is 0 Å². The van der Waals surface area contributed by atoms with E-state index < -0.39 is 0 Å². The van der Waals surface area contributed by atoms with Crippen molar-refractivity contribution in [3.8, 4) is 0 Å². The lowest BCUT2D eigenvalue weighted by atomic mass is 9.98. The maximum absolute atomic E-state index is 12.9. The summed E-state index contributed by atoms with van der Waals surface area (Å²) in [6, 6.07) is 0.491. The zero-order valence-corrected chi connectivity index (χ0v) is 13.8. The average Bonchev–Trinajstić information content (AvgIpc) is 3.07. The Morgan fingerprint density at radius 2 is 1.71 bits per heavy atom. The molecule has 0 aromatic carbocycles. The molecule has 120 valence electrons. The number of likely N-dealkylation sites (tertiary alicyclic amines) is 1. The molecule has 4 heteroatoms. The first-order valence-electron chi connectivity index (χ1n) is 8.84. The normalized spacial score (nSPS) is 33.5. The van der Waals surface area contributed by atoms with Gasteiger partial charge in [-0.15, -0.1) is 0 Å². The Bertz CT molecular complexity index is 370. The van der Waals surface area contributed by atoms with E-state index in [1.165, 1.54) is 25.7 Å². The molecular weight excluding hydrogens is 262 g/mol. The van der Waals surface area contributed by atoms with E-state index in [9.17, 15) is 4.79 Å². The number of hydrogen-bond acceptors (Lipinski definition) is 3. The largest absolute Gasteiger partial charge is 0.322 e. The number of carbonyl (C=O) groups excluding carboxylic acids is 1. The van der Waals surface area contributed by atoms with Crippen LogP contribution in [0.1, 0.15) is 52.4 Å². The quantitative estimate of drug-likeness (QED) is 0.865. The van der Waals surface area contributed by atoms with Crippen molar-refractivity contribution in [1.82, 2.24) is 15.1 Å². The Balaban J connectivity index is 1.77. The molecule has 0 spiro atoms. The van der Waals surface area contributed by atoms with Gasteiger partial charge in [-0.2, -0.15) is 0 Å². The van der Waals surface area contributed by atoms with Crippen LogP contribution in [0.5, 0.6) is 0 Å². The van der Waals surface area contributed by atoms with E-state index >= 15 is 0 Å². The van der Waals surface area contributed by atoms with Gasteiger partial charge in [-0.1, -0.05) is 26.7 Å². The van der Waals surface area contributed by atoms with Crippen molar-refractivity contribution >= 4 is 5.91 Å². The fourth-order valence-electron chi connectivity index (χ4n) is 4.43.